The number of ether oxygens (including phenoxy) is 1. The van der Waals surface area contributed by atoms with Gasteiger partial charge in [-0.05, 0) is 46.0 Å². The Labute approximate surface area is 118 Å². The molecule has 2 bridgehead atoms. The molecule has 5 heteroatoms. The minimum Gasteiger partial charge on any atom is -0.375 e. The lowest BCUT2D eigenvalue weighted by Crippen LogP contribution is -2.50. The molecule has 3 atom stereocenters. The molecule has 19 heavy (non-hydrogen) atoms. The maximum Gasteiger partial charge on any atom is 0.500 e. The Hall–Kier alpha value is 0.0569. The van der Waals surface area contributed by atoms with Crippen LogP contribution in [0.1, 0.15) is 46.5 Å². The molecule has 112 valence electrons. The molecule has 0 radical (unpaired) electrons. The monoisotopic (exact) mass is 288 g/mol. The predicted molar refractivity (Wildman–Crippen MR) is 76.1 cm³/mol. The zero-order valence-corrected chi connectivity index (χ0v) is 13.5. The summed E-state index contributed by atoms with van der Waals surface area (Å²) in [6.45, 7) is 8.04. The molecule has 0 N–H and O–H groups in total. The highest BCUT2D eigenvalue weighted by Crippen LogP contribution is 2.41. The van der Waals surface area contributed by atoms with Crippen LogP contribution in [0, 0.1) is 5.92 Å². The third kappa shape index (κ3) is 3.79. The van der Waals surface area contributed by atoms with E-state index in [0.717, 1.165) is 12.5 Å². The van der Waals surface area contributed by atoms with Crippen LogP contribution < -0.4 is 0 Å². The van der Waals surface area contributed by atoms with Crippen molar-refractivity contribution in [1.29, 1.82) is 0 Å². The SMILES string of the molecule is CCO[Si](CCC1CCC2CC1O2)(OCC)OCC. The maximum atomic E-state index is 5.90. The van der Waals surface area contributed by atoms with E-state index < -0.39 is 8.80 Å². The Morgan fingerprint density at radius 2 is 1.58 bits per heavy atom. The van der Waals surface area contributed by atoms with Crippen LogP contribution in [0.3, 0.4) is 0 Å². The number of fused-ring (bicyclic) bond motifs is 2. The Kier molecular flexibility index (Phi) is 5.83. The largest absolute Gasteiger partial charge is 0.500 e. The summed E-state index contributed by atoms with van der Waals surface area (Å²) in [6.07, 6.45) is 5.96. The average Bonchev–Trinajstić information content (AvgIpc) is 2.37. The van der Waals surface area contributed by atoms with Crippen molar-refractivity contribution in [3.8, 4) is 0 Å². The van der Waals surface area contributed by atoms with Crippen molar-refractivity contribution >= 4 is 8.80 Å². The normalized spacial score (nSPS) is 30.2. The van der Waals surface area contributed by atoms with Gasteiger partial charge in [-0.25, -0.2) is 0 Å². The standard InChI is InChI=1S/C14H28O4Si/c1-4-15-19(16-5-2,17-6-3)10-9-12-7-8-13-11-14(12)18-13/h12-14H,4-11H2,1-3H3. The highest BCUT2D eigenvalue weighted by molar-refractivity contribution is 6.60. The van der Waals surface area contributed by atoms with E-state index in [2.05, 4.69) is 0 Å². The molecule has 3 rings (SSSR count). The van der Waals surface area contributed by atoms with Gasteiger partial charge in [-0.1, -0.05) is 0 Å². The summed E-state index contributed by atoms with van der Waals surface area (Å²) in [4.78, 5) is 0. The molecule has 0 aromatic carbocycles. The lowest BCUT2D eigenvalue weighted by Gasteiger charge is -2.47. The fourth-order valence-corrected chi connectivity index (χ4v) is 5.99. The van der Waals surface area contributed by atoms with Crippen molar-refractivity contribution < 1.29 is 18.0 Å². The number of hydrogen-bond donors (Lipinski definition) is 0. The Morgan fingerprint density at radius 1 is 1.00 bits per heavy atom. The molecular formula is C14H28O4Si. The Bertz CT molecular complexity index is 248. The van der Waals surface area contributed by atoms with Gasteiger partial charge >= 0.3 is 8.80 Å². The highest BCUT2D eigenvalue weighted by atomic mass is 28.4. The van der Waals surface area contributed by atoms with E-state index >= 15 is 0 Å². The van der Waals surface area contributed by atoms with Gasteiger partial charge in [-0.15, -0.1) is 0 Å². The van der Waals surface area contributed by atoms with Crippen LogP contribution in [-0.4, -0.2) is 40.8 Å². The minimum atomic E-state index is -2.45. The second-order valence-corrected chi connectivity index (χ2v) is 8.12. The fourth-order valence-electron chi connectivity index (χ4n) is 3.26. The van der Waals surface area contributed by atoms with Crippen molar-refractivity contribution in [2.24, 2.45) is 5.92 Å². The molecule has 2 aliphatic heterocycles. The quantitative estimate of drug-likeness (QED) is 0.611. The van der Waals surface area contributed by atoms with E-state index in [-0.39, 0.29) is 0 Å². The molecule has 0 aromatic heterocycles. The van der Waals surface area contributed by atoms with Crippen LogP contribution in [0.15, 0.2) is 0 Å². The molecule has 3 unspecified atom stereocenters. The van der Waals surface area contributed by atoms with E-state index in [1.165, 1.54) is 19.3 Å². The second kappa shape index (κ2) is 7.18. The van der Waals surface area contributed by atoms with E-state index in [4.69, 9.17) is 18.0 Å². The molecule has 2 saturated heterocycles. The van der Waals surface area contributed by atoms with E-state index in [9.17, 15) is 0 Å². The summed E-state index contributed by atoms with van der Waals surface area (Å²) in [7, 11) is -2.45. The van der Waals surface area contributed by atoms with Gasteiger partial charge in [-0.2, -0.15) is 0 Å². The molecule has 0 amide bonds. The second-order valence-electron chi connectivity index (χ2n) is 5.39. The first kappa shape index (κ1) is 15.4. The van der Waals surface area contributed by atoms with E-state index in [1.54, 1.807) is 0 Å². The van der Waals surface area contributed by atoms with Crippen molar-refractivity contribution in [2.75, 3.05) is 19.8 Å². The van der Waals surface area contributed by atoms with Crippen LogP contribution in [0.2, 0.25) is 6.04 Å². The highest BCUT2D eigenvalue weighted by Gasteiger charge is 2.45. The predicted octanol–water partition coefficient (Wildman–Crippen LogP) is 2.99. The first-order valence-electron chi connectivity index (χ1n) is 7.80. The van der Waals surface area contributed by atoms with Gasteiger partial charge in [0.05, 0.1) is 12.2 Å². The summed E-state index contributed by atoms with van der Waals surface area (Å²) in [5, 5.41) is 0. The molecular weight excluding hydrogens is 260 g/mol. The molecule has 0 spiro atoms. The van der Waals surface area contributed by atoms with Gasteiger partial charge in [0, 0.05) is 32.3 Å². The Balaban J connectivity index is 1.86. The van der Waals surface area contributed by atoms with Gasteiger partial charge in [0.15, 0.2) is 0 Å². The maximum absolute atomic E-state index is 5.90. The van der Waals surface area contributed by atoms with Crippen molar-refractivity contribution in [3.63, 3.8) is 0 Å². The van der Waals surface area contributed by atoms with Gasteiger partial charge < -0.3 is 18.0 Å². The smallest absolute Gasteiger partial charge is 0.375 e. The topological polar surface area (TPSA) is 36.9 Å². The molecule has 0 aromatic rings. The molecule has 1 saturated carbocycles. The first-order valence-corrected chi connectivity index (χ1v) is 9.73. The van der Waals surface area contributed by atoms with Gasteiger partial charge in [0.1, 0.15) is 0 Å². The van der Waals surface area contributed by atoms with Gasteiger partial charge in [0.25, 0.3) is 0 Å². The zero-order valence-electron chi connectivity index (χ0n) is 12.5. The van der Waals surface area contributed by atoms with E-state index in [1.807, 2.05) is 20.8 Å². The van der Waals surface area contributed by atoms with Gasteiger partial charge in [0.2, 0.25) is 0 Å². The number of hydrogen-bond acceptors (Lipinski definition) is 4. The lowest BCUT2D eigenvalue weighted by atomic mass is 9.79. The summed E-state index contributed by atoms with van der Waals surface area (Å²) in [5.41, 5.74) is 0. The Morgan fingerprint density at radius 3 is 2.00 bits per heavy atom. The average molecular weight is 288 g/mol. The third-order valence-electron chi connectivity index (χ3n) is 4.16. The summed E-state index contributed by atoms with van der Waals surface area (Å²) >= 11 is 0. The molecule has 3 fully saturated rings. The first-order chi connectivity index (χ1) is 9.23. The fraction of sp³-hybridized carbons (Fsp3) is 1.00. The lowest BCUT2D eigenvalue weighted by molar-refractivity contribution is -0.185. The van der Waals surface area contributed by atoms with Gasteiger partial charge in [-0.3, -0.25) is 0 Å². The zero-order chi connectivity index (χ0) is 13.7. The summed E-state index contributed by atoms with van der Waals surface area (Å²) in [5.74, 6) is 0.679. The van der Waals surface area contributed by atoms with E-state index in [0.29, 0.717) is 37.9 Å². The van der Waals surface area contributed by atoms with Crippen LogP contribution in [0.25, 0.3) is 0 Å². The number of rotatable bonds is 9. The molecule has 3 aliphatic rings. The van der Waals surface area contributed by atoms with Crippen molar-refractivity contribution in [3.05, 3.63) is 0 Å². The van der Waals surface area contributed by atoms with Crippen LogP contribution >= 0.6 is 0 Å². The third-order valence-corrected chi connectivity index (χ3v) is 7.25. The van der Waals surface area contributed by atoms with Crippen LogP contribution in [0.4, 0.5) is 0 Å². The molecule has 2 heterocycles. The van der Waals surface area contributed by atoms with Crippen molar-refractivity contribution in [1.82, 2.24) is 0 Å². The van der Waals surface area contributed by atoms with Crippen molar-refractivity contribution in [2.45, 2.75) is 64.7 Å². The van der Waals surface area contributed by atoms with Crippen LogP contribution in [-0.2, 0) is 18.0 Å². The molecule has 1 aliphatic carbocycles. The van der Waals surface area contributed by atoms with Crippen LogP contribution in [0.5, 0.6) is 0 Å². The summed E-state index contributed by atoms with van der Waals surface area (Å²) < 4.78 is 23.5. The minimum absolute atomic E-state index is 0.496. The summed E-state index contributed by atoms with van der Waals surface area (Å²) in [6, 6.07) is 0.928. The molecule has 4 nitrogen and oxygen atoms in total.